The van der Waals surface area contributed by atoms with E-state index in [0.29, 0.717) is 55.5 Å². The Balaban J connectivity index is 1.37. The first-order chi connectivity index (χ1) is 19.4. The highest BCUT2D eigenvalue weighted by atomic mass is 35.5. The molecule has 9 heteroatoms. The van der Waals surface area contributed by atoms with Crippen LogP contribution in [0.25, 0.3) is 5.69 Å². The van der Waals surface area contributed by atoms with E-state index in [1.807, 2.05) is 59.0 Å². The highest BCUT2D eigenvalue weighted by molar-refractivity contribution is 6.40. The van der Waals surface area contributed by atoms with Crippen molar-refractivity contribution in [2.24, 2.45) is 4.99 Å². The molecule has 2 aliphatic heterocycles. The van der Waals surface area contributed by atoms with Crippen molar-refractivity contribution in [1.29, 1.82) is 5.41 Å². The van der Waals surface area contributed by atoms with Crippen LogP contribution in [0.4, 0.5) is 0 Å². The Morgan fingerprint density at radius 1 is 0.975 bits per heavy atom. The SMILES string of the molecule is CN=C(C)CC(=N)C(=O)N1CCC(c2c(C(=O)N3CCC(c4ccccc4)C3)cnn2-c2ccc(Cl)cc2)CC1. The van der Waals surface area contributed by atoms with Gasteiger partial charge in [-0.25, -0.2) is 4.68 Å². The van der Waals surface area contributed by atoms with Crippen molar-refractivity contribution in [3.63, 3.8) is 0 Å². The predicted molar refractivity (Wildman–Crippen MR) is 158 cm³/mol. The first-order valence-corrected chi connectivity index (χ1v) is 14.2. The van der Waals surface area contributed by atoms with Gasteiger partial charge in [0.2, 0.25) is 0 Å². The van der Waals surface area contributed by atoms with Gasteiger partial charge in [0.1, 0.15) is 5.71 Å². The third kappa shape index (κ3) is 5.87. The zero-order chi connectivity index (χ0) is 28.2. The number of amides is 2. The van der Waals surface area contributed by atoms with Gasteiger partial charge in [0.05, 0.1) is 23.1 Å². The van der Waals surface area contributed by atoms with E-state index in [2.05, 4.69) is 22.2 Å². The summed E-state index contributed by atoms with van der Waals surface area (Å²) in [6.45, 7) is 4.26. The minimum absolute atomic E-state index is 0.00302. The van der Waals surface area contributed by atoms with Crippen LogP contribution >= 0.6 is 11.6 Å². The maximum Gasteiger partial charge on any atom is 0.267 e. The van der Waals surface area contributed by atoms with Crippen LogP contribution in [0, 0.1) is 5.41 Å². The summed E-state index contributed by atoms with van der Waals surface area (Å²) in [4.78, 5) is 34.6. The molecule has 3 heterocycles. The largest absolute Gasteiger partial charge is 0.338 e. The second-order valence-electron chi connectivity index (χ2n) is 10.7. The van der Waals surface area contributed by atoms with Crippen LogP contribution in [0.1, 0.15) is 66.1 Å². The van der Waals surface area contributed by atoms with Crippen LogP contribution in [0.15, 0.2) is 65.8 Å². The molecule has 1 aromatic heterocycles. The molecule has 0 spiro atoms. The summed E-state index contributed by atoms with van der Waals surface area (Å²) in [5.74, 6) is 0.129. The number of nitrogens with zero attached hydrogens (tertiary/aromatic N) is 5. The number of hydrogen-bond acceptors (Lipinski definition) is 5. The van der Waals surface area contributed by atoms with E-state index in [1.54, 1.807) is 18.1 Å². The summed E-state index contributed by atoms with van der Waals surface area (Å²) in [6.07, 6.45) is 4.27. The Labute approximate surface area is 240 Å². The van der Waals surface area contributed by atoms with Crippen molar-refractivity contribution in [2.45, 2.75) is 44.4 Å². The maximum absolute atomic E-state index is 13.9. The average Bonchev–Trinajstić information content (AvgIpc) is 3.66. The van der Waals surface area contributed by atoms with E-state index >= 15 is 0 Å². The van der Waals surface area contributed by atoms with Gasteiger partial charge in [-0.3, -0.25) is 20.0 Å². The van der Waals surface area contributed by atoms with Gasteiger partial charge >= 0.3 is 0 Å². The monoisotopic (exact) mass is 558 g/mol. The second kappa shape index (κ2) is 12.2. The summed E-state index contributed by atoms with van der Waals surface area (Å²) in [5.41, 5.74) is 4.43. The van der Waals surface area contributed by atoms with Gasteiger partial charge < -0.3 is 9.80 Å². The van der Waals surface area contributed by atoms with E-state index in [-0.39, 0.29) is 29.9 Å². The lowest BCUT2D eigenvalue weighted by Crippen LogP contribution is -2.42. The Kier molecular flexibility index (Phi) is 8.45. The topological polar surface area (TPSA) is 94.7 Å². The number of carbonyl (C=O) groups excluding carboxylic acids is 2. The zero-order valence-corrected chi connectivity index (χ0v) is 23.8. The number of halogens is 1. The number of hydrogen-bond donors (Lipinski definition) is 1. The van der Waals surface area contributed by atoms with Crippen molar-refractivity contribution in [3.05, 3.63) is 82.6 Å². The molecule has 2 saturated heterocycles. The lowest BCUT2D eigenvalue weighted by molar-refractivity contribution is -0.125. The van der Waals surface area contributed by atoms with E-state index in [0.717, 1.165) is 23.5 Å². The van der Waals surface area contributed by atoms with Crippen molar-refractivity contribution in [1.82, 2.24) is 19.6 Å². The number of nitrogens with one attached hydrogen (secondary N) is 1. The van der Waals surface area contributed by atoms with Crippen LogP contribution in [-0.4, -0.2) is 76.0 Å². The number of rotatable bonds is 7. The fourth-order valence-corrected chi connectivity index (χ4v) is 5.90. The number of aromatic nitrogens is 2. The van der Waals surface area contributed by atoms with Crippen molar-refractivity contribution >= 4 is 34.8 Å². The molecule has 1 unspecified atom stereocenters. The standard InChI is InChI=1S/C31H35ClN6O2/c1-21(34-2)18-28(33)31(40)36-15-12-23(13-16-36)29-27(19-35-38(29)26-10-8-25(32)9-11-26)30(39)37-17-14-24(20-37)22-6-4-3-5-7-22/h3-11,19,23-24,33H,12-18,20H2,1-2H3. The maximum atomic E-state index is 13.9. The lowest BCUT2D eigenvalue weighted by atomic mass is 9.90. The summed E-state index contributed by atoms with van der Waals surface area (Å²) >= 11 is 6.15. The van der Waals surface area contributed by atoms with Crippen LogP contribution < -0.4 is 0 Å². The molecule has 2 fully saturated rings. The summed E-state index contributed by atoms with van der Waals surface area (Å²) in [5, 5.41) is 13.6. The normalized spacial score (nSPS) is 18.3. The quantitative estimate of drug-likeness (QED) is 0.395. The molecule has 8 nitrogen and oxygen atoms in total. The summed E-state index contributed by atoms with van der Waals surface area (Å²) in [7, 11) is 1.67. The Morgan fingerprint density at radius 3 is 2.30 bits per heavy atom. The van der Waals surface area contributed by atoms with E-state index < -0.39 is 0 Å². The van der Waals surface area contributed by atoms with Crippen molar-refractivity contribution in [2.75, 3.05) is 33.2 Å². The molecule has 0 aliphatic carbocycles. The fraction of sp³-hybridized carbons (Fsp3) is 0.387. The minimum Gasteiger partial charge on any atom is -0.338 e. The summed E-state index contributed by atoms with van der Waals surface area (Å²) in [6, 6.07) is 17.8. The molecule has 2 aromatic carbocycles. The molecule has 5 rings (SSSR count). The van der Waals surface area contributed by atoms with Gasteiger partial charge in [-0.1, -0.05) is 41.9 Å². The van der Waals surface area contributed by atoms with E-state index in [4.69, 9.17) is 17.0 Å². The summed E-state index contributed by atoms with van der Waals surface area (Å²) < 4.78 is 1.86. The number of benzene rings is 2. The van der Waals surface area contributed by atoms with Crippen LogP contribution in [0.5, 0.6) is 0 Å². The molecule has 1 atom stereocenters. The Hall–Kier alpha value is -3.78. The van der Waals surface area contributed by atoms with Gasteiger partial charge in [-0.05, 0) is 56.0 Å². The third-order valence-corrected chi connectivity index (χ3v) is 8.35. The van der Waals surface area contributed by atoms with Crippen LogP contribution in [-0.2, 0) is 4.79 Å². The second-order valence-corrected chi connectivity index (χ2v) is 11.1. The Bertz CT molecular complexity index is 1410. The Morgan fingerprint density at radius 2 is 1.62 bits per heavy atom. The fourth-order valence-electron chi connectivity index (χ4n) is 5.77. The molecule has 0 saturated carbocycles. The molecule has 208 valence electrons. The number of piperidine rings is 1. The van der Waals surface area contributed by atoms with Crippen LogP contribution in [0.2, 0.25) is 5.02 Å². The highest BCUT2D eigenvalue weighted by Crippen LogP contribution is 2.35. The molecule has 1 N–H and O–H groups in total. The molecular formula is C31H35ClN6O2. The first-order valence-electron chi connectivity index (χ1n) is 13.8. The lowest BCUT2D eigenvalue weighted by Gasteiger charge is -2.33. The van der Waals surface area contributed by atoms with Crippen molar-refractivity contribution < 1.29 is 9.59 Å². The molecule has 40 heavy (non-hydrogen) atoms. The zero-order valence-electron chi connectivity index (χ0n) is 23.0. The van der Waals surface area contributed by atoms with Crippen molar-refractivity contribution in [3.8, 4) is 5.69 Å². The molecule has 0 radical (unpaired) electrons. The van der Waals surface area contributed by atoms with Gasteiger partial charge in [-0.2, -0.15) is 5.10 Å². The minimum atomic E-state index is -0.243. The van der Waals surface area contributed by atoms with Gasteiger partial charge in [0.15, 0.2) is 0 Å². The number of aliphatic imine (C=N–C) groups is 1. The van der Waals surface area contributed by atoms with Gasteiger partial charge in [-0.15, -0.1) is 0 Å². The van der Waals surface area contributed by atoms with E-state index in [9.17, 15) is 9.59 Å². The number of likely N-dealkylation sites (tertiary alicyclic amines) is 2. The molecule has 2 amide bonds. The predicted octanol–water partition coefficient (Wildman–Crippen LogP) is 5.36. The average molecular weight is 559 g/mol. The molecule has 3 aromatic rings. The van der Waals surface area contributed by atoms with E-state index in [1.165, 1.54) is 5.56 Å². The third-order valence-electron chi connectivity index (χ3n) is 8.10. The molecule has 2 aliphatic rings. The smallest absolute Gasteiger partial charge is 0.267 e. The highest BCUT2D eigenvalue weighted by Gasteiger charge is 2.35. The van der Waals surface area contributed by atoms with Crippen LogP contribution in [0.3, 0.4) is 0 Å². The first kappa shape index (κ1) is 27.8. The molecular weight excluding hydrogens is 524 g/mol. The number of carbonyl (C=O) groups is 2. The van der Waals surface area contributed by atoms with Gasteiger partial charge in [0, 0.05) is 62.2 Å². The molecule has 0 bridgehead atoms. The van der Waals surface area contributed by atoms with Gasteiger partial charge in [0.25, 0.3) is 11.8 Å².